The second-order valence-electron chi connectivity index (χ2n) is 6.58. The average Bonchev–Trinajstić information content (AvgIpc) is 2.51. The molecular formula is C16H22N4O4. The third-order valence-corrected chi connectivity index (χ3v) is 3.79. The Balaban J connectivity index is 2.33. The smallest absolute Gasteiger partial charge is 0.376 e. The molecule has 2 rings (SSSR count). The molecule has 0 aliphatic rings. The van der Waals surface area contributed by atoms with E-state index in [1.54, 1.807) is 25.1 Å². The molecule has 1 unspecified atom stereocenters. The molecule has 0 radical (unpaired) electrons. The van der Waals surface area contributed by atoms with E-state index in [1.807, 2.05) is 0 Å². The topological polar surface area (TPSA) is 110 Å². The monoisotopic (exact) mass is 334 g/mol. The maximum absolute atomic E-state index is 12.3. The third kappa shape index (κ3) is 4.08. The zero-order valence-corrected chi connectivity index (χ0v) is 14.0. The van der Waals surface area contributed by atoms with Crippen molar-refractivity contribution >= 4 is 17.2 Å². The molecule has 2 aromatic heterocycles. The van der Waals surface area contributed by atoms with Crippen molar-refractivity contribution in [1.82, 2.24) is 9.38 Å². The largest absolute Gasteiger partial charge is 0.388 e. The van der Waals surface area contributed by atoms with Crippen LogP contribution in [0.15, 0.2) is 29.2 Å². The second kappa shape index (κ2) is 6.96. The van der Waals surface area contributed by atoms with Crippen molar-refractivity contribution in [2.45, 2.75) is 39.2 Å². The molecule has 8 nitrogen and oxygen atoms in total. The fraction of sp³-hybridized carbons (Fsp3) is 0.500. The summed E-state index contributed by atoms with van der Waals surface area (Å²) >= 11 is 0. The van der Waals surface area contributed by atoms with Crippen LogP contribution >= 0.6 is 0 Å². The summed E-state index contributed by atoms with van der Waals surface area (Å²) in [6.07, 6.45) is 2.79. The van der Waals surface area contributed by atoms with E-state index in [9.17, 15) is 20.0 Å². The van der Waals surface area contributed by atoms with Gasteiger partial charge < -0.3 is 10.4 Å². The van der Waals surface area contributed by atoms with E-state index in [0.29, 0.717) is 18.0 Å². The number of nitrogens with one attached hydrogen (secondary N) is 1. The Morgan fingerprint density at radius 1 is 1.46 bits per heavy atom. The van der Waals surface area contributed by atoms with Crippen molar-refractivity contribution in [1.29, 1.82) is 0 Å². The molecule has 0 saturated carbocycles. The quantitative estimate of drug-likeness (QED) is 0.593. The van der Waals surface area contributed by atoms with E-state index in [4.69, 9.17) is 0 Å². The lowest BCUT2D eigenvalue weighted by Crippen LogP contribution is -2.34. The normalized spacial score (nSPS) is 13.9. The second-order valence-corrected chi connectivity index (χ2v) is 6.58. The first-order valence-corrected chi connectivity index (χ1v) is 7.83. The lowest BCUT2D eigenvalue weighted by Gasteiger charge is -2.24. The molecule has 0 aliphatic carbocycles. The van der Waals surface area contributed by atoms with Crippen LogP contribution in [0.3, 0.4) is 0 Å². The van der Waals surface area contributed by atoms with Crippen LogP contribution in [-0.4, -0.2) is 31.6 Å². The van der Waals surface area contributed by atoms with Crippen LogP contribution in [0.1, 0.15) is 33.6 Å². The Bertz CT molecular complexity index is 798. The average molecular weight is 334 g/mol. The van der Waals surface area contributed by atoms with Crippen molar-refractivity contribution in [3.05, 3.63) is 44.9 Å². The van der Waals surface area contributed by atoms with Crippen LogP contribution in [0.4, 0.5) is 11.5 Å². The molecule has 0 saturated heterocycles. The van der Waals surface area contributed by atoms with Gasteiger partial charge in [-0.15, -0.1) is 0 Å². The molecule has 1 atom stereocenters. The van der Waals surface area contributed by atoms with Gasteiger partial charge >= 0.3 is 11.2 Å². The summed E-state index contributed by atoms with van der Waals surface area (Å²) in [6.45, 7) is 5.83. The Hall–Kier alpha value is -2.48. The maximum Gasteiger partial charge on any atom is 0.376 e. The van der Waals surface area contributed by atoms with Crippen LogP contribution < -0.4 is 10.9 Å². The molecule has 24 heavy (non-hydrogen) atoms. The Morgan fingerprint density at radius 3 is 2.79 bits per heavy atom. The van der Waals surface area contributed by atoms with Gasteiger partial charge in [-0.3, -0.25) is 19.3 Å². The fourth-order valence-electron chi connectivity index (χ4n) is 2.33. The Morgan fingerprint density at radius 2 is 2.17 bits per heavy atom. The van der Waals surface area contributed by atoms with E-state index in [2.05, 4.69) is 24.1 Å². The van der Waals surface area contributed by atoms with Crippen molar-refractivity contribution in [2.75, 3.05) is 11.9 Å². The molecule has 130 valence electrons. The van der Waals surface area contributed by atoms with Gasteiger partial charge in [-0.1, -0.05) is 19.9 Å². The predicted molar refractivity (Wildman–Crippen MR) is 91.3 cm³/mol. The zero-order valence-electron chi connectivity index (χ0n) is 14.0. The minimum atomic E-state index is -1.05. The summed E-state index contributed by atoms with van der Waals surface area (Å²) in [7, 11) is 0. The lowest BCUT2D eigenvalue weighted by molar-refractivity contribution is -0.385. The first kappa shape index (κ1) is 17.9. The Kier molecular flexibility index (Phi) is 5.18. The summed E-state index contributed by atoms with van der Waals surface area (Å²) in [6, 6.07) is 4.88. The number of nitro groups is 1. The first-order valence-electron chi connectivity index (χ1n) is 7.83. The molecule has 0 spiro atoms. The lowest BCUT2D eigenvalue weighted by atomic mass is 9.95. The number of pyridine rings is 1. The minimum absolute atomic E-state index is 0.0655. The van der Waals surface area contributed by atoms with Crippen LogP contribution in [0.2, 0.25) is 0 Å². The predicted octanol–water partition coefficient (Wildman–Crippen LogP) is 2.20. The fourth-order valence-corrected chi connectivity index (χ4v) is 2.33. The third-order valence-electron chi connectivity index (χ3n) is 3.79. The SMILES string of the molecule is CC(C)CCC(C)(O)CNc1nc2ccccn2c(=O)c1[N+](=O)[O-]. The van der Waals surface area contributed by atoms with Gasteiger partial charge in [-0.05, 0) is 37.8 Å². The molecular weight excluding hydrogens is 312 g/mol. The maximum atomic E-state index is 12.3. The summed E-state index contributed by atoms with van der Waals surface area (Å²) in [5, 5.41) is 24.4. The molecule has 2 N–H and O–H groups in total. The molecule has 0 amide bonds. The molecule has 0 aliphatic heterocycles. The van der Waals surface area contributed by atoms with E-state index in [-0.39, 0.29) is 12.4 Å². The van der Waals surface area contributed by atoms with E-state index >= 15 is 0 Å². The molecule has 0 bridgehead atoms. The molecule has 8 heteroatoms. The summed E-state index contributed by atoms with van der Waals surface area (Å²) in [5.41, 5.74) is -2.13. The van der Waals surface area contributed by atoms with E-state index in [1.165, 1.54) is 6.20 Å². The molecule has 0 fully saturated rings. The summed E-state index contributed by atoms with van der Waals surface area (Å²) in [5.74, 6) is 0.315. The van der Waals surface area contributed by atoms with Gasteiger partial charge in [-0.25, -0.2) is 4.98 Å². The van der Waals surface area contributed by atoms with Gasteiger partial charge in [0, 0.05) is 12.7 Å². The van der Waals surface area contributed by atoms with Gasteiger partial charge in [0.05, 0.1) is 10.5 Å². The van der Waals surface area contributed by atoms with Crippen LogP contribution in [0, 0.1) is 16.0 Å². The van der Waals surface area contributed by atoms with Crippen molar-refractivity contribution in [3.63, 3.8) is 0 Å². The zero-order chi connectivity index (χ0) is 17.9. The minimum Gasteiger partial charge on any atom is -0.388 e. The van der Waals surface area contributed by atoms with Gasteiger partial charge in [0.25, 0.3) is 0 Å². The number of aromatic nitrogens is 2. The molecule has 2 aromatic rings. The number of rotatable bonds is 7. The summed E-state index contributed by atoms with van der Waals surface area (Å²) < 4.78 is 1.13. The van der Waals surface area contributed by atoms with Crippen LogP contribution in [-0.2, 0) is 0 Å². The van der Waals surface area contributed by atoms with Crippen molar-refractivity contribution in [2.24, 2.45) is 5.92 Å². The van der Waals surface area contributed by atoms with Crippen molar-refractivity contribution in [3.8, 4) is 0 Å². The number of fused-ring (bicyclic) bond motifs is 1. The number of hydrogen-bond donors (Lipinski definition) is 2. The van der Waals surface area contributed by atoms with Crippen molar-refractivity contribution < 1.29 is 10.0 Å². The van der Waals surface area contributed by atoms with Gasteiger partial charge in [0.15, 0.2) is 0 Å². The van der Waals surface area contributed by atoms with Crippen LogP contribution in [0.5, 0.6) is 0 Å². The highest BCUT2D eigenvalue weighted by molar-refractivity contribution is 5.59. The molecule has 2 heterocycles. The highest BCUT2D eigenvalue weighted by atomic mass is 16.6. The van der Waals surface area contributed by atoms with Gasteiger partial charge in [-0.2, -0.15) is 0 Å². The van der Waals surface area contributed by atoms with Gasteiger partial charge in [0.2, 0.25) is 5.82 Å². The number of aliphatic hydroxyl groups is 1. The highest BCUT2D eigenvalue weighted by Crippen LogP contribution is 2.21. The standard InChI is InChI=1S/C16H22N4O4/c1-11(2)7-8-16(3,22)10-17-14-13(20(23)24)15(21)19-9-5-4-6-12(19)18-14/h4-6,9,11,17,22H,7-8,10H2,1-3H3. The number of nitrogens with zero attached hydrogens (tertiary/aromatic N) is 3. The number of anilines is 1. The summed E-state index contributed by atoms with van der Waals surface area (Å²) in [4.78, 5) is 27.0. The van der Waals surface area contributed by atoms with E-state index < -0.39 is 21.8 Å². The molecule has 0 aromatic carbocycles. The van der Waals surface area contributed by atoms with Crippen LogP contribution in [0.25, 0.3) is 5.65 Å². The number of hydrogen-bond acceptors (Lipinski definition) is 6. The first-order chi connectivity index (χ1) is 11.2. The van der Waals surface area contributed by atoms with Gasteiger partial charge in [0.1, 0.15) is 5.65 Å². The highest BCUT2D eigenvalue weighted by Gasteiger charge is 2.26. The van der Waals surface area contributed by atoms with E-state index in [0.717, 1.165) is 10.8 Å². The Labute approximate surface area is 139 Å².